The standard InChI is InChI=1S/C20H21ClN8O/c1-10(2)5-6-30-14-4-3-11(21)7-12(14)17-15-16(24)13(8-22)18(25)28-19(15)29-20(27-17)26-9-23/h3-4,7,10,17H,5-6H2,1-2H3,(H6,24,25,26,27,28,29). The highest BCUT2D eigenvalue weighted by Crippen LogP contribution is 2.43. The second kappa shape index (κ2) is 8.76. The summed E-state index contributed by atoms with van der Waals surface area (Å²) in [6.07, 6.45) is 2.69. The number of nitrogens with one attached hydrogen (secondary N) is 2. The second-order valence-corrected chi connectivity index (χ2v) is 7.55. The number of ether oxygens (including phenoxy) is 1. The molecule has 0 bridgehead atoms. The van der Waals surface area contributed by atoms with E-state index >= 15 is 0 Å². The lowest BCUT2D eigenvalue weighted by Gasteiger charge is -2.27. The van der Waals surface area contributed by atoms with Crippen LogP contribution in [0.15, 0.2) is 23.2 Å². The number of nitrogens with two attached hydrogens (primary N) is 2. The average molecular weight is 425 g/mol. The van der Waals surface area contributed by atoms with Crippen LogP contribution in [0.2, 0.25) is 5.02 Å². The molecule has 0 fully saturated rings. The predicted octanol–water partition coefficient (Wildman–Crippen LogP) is 3.14. The number of benzene rings is 1. The van der Waals surface area contributed by atoms with Crippen molar-refractivity contribution in [3.8, 4) is 18.0 Å². The van der Waals surface area contributed by atoms with Crippen molar-refractivity contribution in [1.82, 2.24) is 10.3 Å². The summed E-state index contributed by atoms with van der Waals surface area (Å²) in [4.78, 5) is 8.81. The number of nitriles is 2. The summed E-state index contributed by atoms with van der Waals surface area (Å²) >= 11 is 6.26. The largest absolute Gasteiger partial charge is 0.493 e. The van der Waals surface area contributed by atoms with E-state index in [1.165, 1.54) is 0 Å². The van der Waals surface area contributed by atoms with Gasteiger partial charge in [-0.25, -0.2) is 9.98 Å². The van der Waals surface area contributed by atoms with E-state index < -0.39 is 6.04 Å². The second-order valence-electron chi connectivity index (χ2n) is 7.11. The molecule has 2 aromatic rings. The number of rotatable bonds is 5. The number of fused-ring (bicyclic) bond motifs is 1. The molecule has 0 radical (unpaired) electrons. The van der Waals surface area contributed by atoms with Gasteiger partial charge in [0.15, 0.2) is 6.19 Å². The minimum Gasteiger partial charge on any atom is -0.493 e. The van der Waals surface area contributed by atoms with Gasteiger partial charge >= 0.3 is 0 Å². The van der Waals surface area contributed by atoms with E-state index in [4.69, 9.17) is 33.1 Å². The fraction of sp³-hybridized carbons (Fsp3) is 0.300. The Bertz CT molecular complexity index is 1080. The fourth-order valence-corrected chi connectivity index (χ4v) is 3.26. The molecule has 0 amide bonds. The molecule has 1 aromatic heterocycles. The number of nitrogen functional groups attached to an aromatic ring is 2. The van der Waals surface area contributed by atoms with E-state index in [0.717, 1.165) is 6.42 Å². The molecule has 1 aliphatic rings. The van der Waals surface area contributed by atoms with Crippen LogP contribution in [0.1, 0.15) is 43.0 Å². The summed E-state index contributed by atoms with van der Waals surface area (Å²) in [7, 11) is 0. The lowest BCUT2D eigenvalue weighted by molar-refractivity contribution is 0.286. The van der Waals surface area contributed by atoms with Crippen LogP contribution in [0.5, 0.6) is 5.75 Å². The summed E-state index contributed by atoms with van der Waals surface area (Å²) in [6.45, 7) is 4.73. The summed E-state index contributed by atoms with van der Waals surface area (Å²) in [5.41, 5.74) is 13.5. The maximum absolute atomic E-state index is 9.45. The van der Waals surface area contributed by atoms with Gasteiger partial charge in [-0.2, -0.15) is 10.5 Å². The number of aromatic nitrogens is 1. The van der Waals surface area contributed by atoms with Gasteiger partial charge in [0.25, 0.3) is 0 Å². The summed E-state index contributed by atoms with van der Waals surface area (Å²) in [5, 5.41) is 24.3. The monoisotopic (exact) mass is 424 g/mol. The third-order valence-corrected chi connectivity index (χ3v) is 4.81. The first-order valence-corrected chi connectivity index (χ1v) is 9.64. The summed E-state index contributed by atoms with van der Waals surface area (Å²) < 4.78 is 6.00. The molecule has 2 heterocycles. The van der Waals surface area contributed by atoms with Crippen molar-refractivity contribution in [3.05, 3.63) is 39.9 Å². The number of hydrogen-bond acceptors (Lipinski definition) is 9. The number of pyridine rings is 1. The number of guanidine groups is 1. The summed E-state index contributed by atoms with van der Waals surface area (Å²) in [6, 6.07) is 6.47. The lowest BCUT2D eigenvalue weighted by atomic mass is 9.94. The van der Waals surface area contributed by atoms with E-state index in [1.807, 2.05) is 12.3 Å². The Labute approximate surface area is 179 Å². The predicted molar refractivity (Wildman–Crippen MR) is 116 cm³/mol. The van der Waals surface area contributed by atoms with Crippen LogP contribution in [0, 0.1) is 28.7 Å². The zero-order valence-electron chi connectivity index (χ0n) is 16.5. The molecule has 3 rings (SSSR count). The van der Waals surface area contributed by atoms with Crippen LogP contribution < -0.4 is 26.8 Å². The summed E-state index contributed by atoms with van der Waals surface area (Å²) in [5.74, 6) is 1.50. The Morgan fingerprint density at radius 3 is 2.77 bits per heavy atom. The normalized spacial score (nSPS) is 14.7. The molecular formula is C20H21ClN8O. The van der Waals surface area contributed by atoms with Crippen LogP contribution in [0.25, 0.3) is 0 Å². The van der Waals surface area contributed by atoms with Crippen molar-refractivity contribution in [1.29, 1.82) is 10.5 Å². The zero-order valence-corrected chi connectivity index (χ0v) is 17.3. The van der Waals surface area contributed by atoms with Crippen LogP contribution in [-0.4, -0.2) is 17.6 Å². The first-order chi connectivity index (χ1) is 14.3. The topological polar surface area (TPSA) is 158 Å². The molecule has 0 spiro atoms. The molecule has 154 valence electrons. The maximum Gasteiger partial charge on any atom is 0.211 e. The van der Waals surface area contributed by atoms with E-state index in [0.29, 0.717) is 40.2 Å². The van der Waals surface area contributed by atoms with Crippen LogP contribution in [0.3, 0.4) is 0 Å². The van der Waals surface area contributed by atoms with Crippen LogP contribution in [-0.2, 0) is 0 Å². The van der Waals surface area contributed by atoms with Gasteiger partial charge in [-0.1, -0.05) is 25.4 Å². The molecule has 1 unspecified atom stereocenters. The SMILES string of the molecule is CC(C)CCOc1ccc(Cl)cc1C1N=C(NC#N)Nc2nc(N)c(C#N)c(N)c21. The van der Waals surface area contributed by atoms with E-state index in [1.54, 1.807) is 18.2 Å². The Morgan fingerprint density at radius 2 is 2.10 bits per heavy atom. The molecule has 9 nitrogen and oxygen atoms in total. The average Bonchev–Trinajstić information content (AvgIpc) is 2.68. The Morgan fingerprint density at radius 1 is 1.33 bits per heavy atom. The third-order valence-electron chi connectivity index (χ3n) is 4.58. The van der Waals surface area contributed by atoms with Gasteiger partial charge in [0, 0.05) is 16.1 Å². The molecule has 1 aromatic carbocycles. The number of halogens is 1. The molecule has 30 heavy (non-hydrogen) atoms. The minimum atomic E-state index is -0.718. The Kier molecular flexibility index (Phi) is 6.14. The van der Waals surface area contributed by atoms with Crippen molar-refractivity contribution in [2.45, 2.75) is 26.3 Å². The highest BCUT2D eigenvalue weighted by atomic mass is 35.5. The molecule has 0 saturated heterocycles. The number of hydrogen-bond donors (Lipinski definition) is 4. The zero-order chi connectivity index (χ0) is 21.8. The Balaban J connectivity index is 2.17. The van der Waals surface area contributed by atoms with Crippen LogP contribution >= 0.6 is 11.6 Å². The molecule has 1 aliphatic heterocycles. The first-order valence-electron chi connectivity index (χ1n) is 9.26. The number of aliphatic imine (C=N–C) groups is 1. The van der Waals surface area contributed by atoms with Crippen molar-refractivity contribution in [2.24, 2.45) is 10.9 Å². The van der Waals surface area contributed by atoms with E-state index in [9.17, 15) is 5.26 Å². The fourth-order valence-electron chi connectivity index (χ4n) is 3.07. The maximum atomic E-state index is 9.45. The molecule has 1 atom stereocenters. The quantitative estimate of drug-likeness (QED) is 0.420. The smallest absolute Gasteiger partial charge is 0.211 e. The van der Waals surface area contributed by atoms with Crippen molar-refractivity contribution in [3.63, 3.8) is 0 Å². The molecule has 0 saturated carbocycles. The van der Waals surface area contributed by atoms with E-state index in [-0.39, 0.29) is 23.0 Å². The minimum absolute atomic E-state index is 0.0160. The van der Waals surface area contributed by atoms with Gasteiger partial charge in [-0.3, -0.25) is 5.32 Å². The molecular weight excluding hydrogens is 404 g/mol. The Hall–Kier alpha value is -3.69. The molecule has 0 aliphatic carbocycles. The molecule has 6 N–H and O–H groups in total. The van der Waals surface area contributed by atoms with Gasteiger partial charge in [-0.15, -0.1) is 0 Å². The van der Waals surface area contributed by atoms with Crippen molar-refractivity contribution >= 4 is 34.9 Å². The number of anilines is 3. The first kappa shape index (κ1) is 21.0. The lowest BCUT2D eigenvalue weighted by Crippen LogP contribution is -2.33. The number of nitrogens with zero attached hydrogens (tertiary/aromatic N) is 4. The third kappa shape index (κ3) is 4.17. The van der Waals surface area contributed by atoms with Gasteiger partial charge in [0.05, 0.1) is 12.3 Å². The highest BCUT2D eigenvalue weighted by Gasteiger charge is 2.31. The van der Waals surface area contributed by atoms with Gasteiger partial charge in [0.1, 0.15) is 35.1 Å². The van der Waals surface area contributed by atoms with Gasteiger partial charge in [-0.05, 0) is 30.5 Å². The van der Waals surface area contributed by atoms with Gasteiger partial charge < -0.3 is 21.5 Å². The molecule has 10 heteroatoms. The van der Waals surface area contributed by atoms with Crippen molar-refractivity contribution in [2.75, 3.05) is 23.4 Å². The van der Waals surface area contributed by atoms with Gasteiger partial charge in [0.2, 0.25) is 5.96 Å². The van der Waals surface area contributed by atoms with E-state index in [2.05, 4.69) is 34.5 Å². The van der Waals surface area contributed by atoms with Crippen LogP contribution in [0.4, 0.5) is 17.3 Å². The van der Waals surface area contributed by atoms with Crippen molar-refractivity contribution < 1.29 is 4.74 Å². The highest BCUT2D eigenvalue weighted by molar-refractivity contribution is 6.30.